The molecule has 90 valence electrons. The highest BCUT2D eigenvalue weighted by atomic mass is 19.4. The van der Waals surface area contributed by atoms with Crippen LogP contribution in [0.15, 0.2) is 0 Å². The van der Waals surface area contributed by atoms with Crippen LogP contribution in [0.5, 0.6) is 0 Å². The van der Waals surface area contributed by atoms with Gasteiger partial charge < -0.3 is 10.4 Å². The lowest BCUT2D eigenvalue weighted by Gasteiger charge is -2.41. The van der Waals surface area contributed by atoms with Gasteiger partial charge in [-0.1, -0.05) is 20.3 Å². The highest BCUT2D eigenvalue weighted by Gasteiger charge is 2.49. The third kappa shape index (κ3) is 2.64. The predicted molar refractivity (Wildman–Crippen MR) is 51.5 cm³/mol. The van der Waals surface area contributed by atoms with Gasteiger partial charge >= 0.3 is 6.18 Å². The molecule has 0 aromatic carbocycles. The van der Waals surface area contributed by atoms with E-state index in [1.165, 1.54) is 0 Å². The predicted octanol–water partition coefficient (Wildman–Crippen LogP) is 2.08. The van der Waals surface area contributed by atoms with Crippen LogP contribution in [0.1, 0.15) is 33.1 Å². The molecule has 5 heteroatoms. The fourth-order valence-electron chi connectivity index (χ4n) is 2.36. The molecule has 1 aliphatic carbocycles. The van der Waals surface area contributed by atoms with Crippen molar-refractivity contribution >= 4 is 0 Å². The molecule has 2 N–H and O–H groups in total. The Balaban J connectivity index is 2.69. The number of aliphatic hydroxyl groups is 1. The average molecular weight is 225 g/mol. The maximum atomic E-state index is 12.1. The van der Waals surface area contributed by atoms with E-state index in [-0.39, 0.29) is 12.0 Å². The summed E-state index contributed by atoms with van der Waals surface area (Å²) in [5.74, 6) is 0. The van der Waals surface area contributed by atoms with Gasteiger partial charge in [0.05, 0.1) is 13.2 Å². The molecule has 1 rings (SSSR count). The molecule has 1 unspecified atom stereocenters. The Morgan fingerprint density at radius 3 is 2.20 bits per heavy atom. The van der Waals surface area contributed by atoms with E-state index in [1.54, 1.807) is 0 Å². The second-order valence-corrected chi connectivity index (χ2v) is 4.95. The van der Waals surface area contributed by atoms with E-state index >= 15 is 0 Å². The summed E-state index contributed by atoms with van der Waals surface area (Å²) in [5, 5.41) is 11.8. The van der Waals surface area contributed by atoms with Crippen molar-refractivity contribution in [3.63, 3.8) is 0 Å². The average Bonchev–Trinajstić information content (AvgIpc) is 2.37. The lowest BCUT2D eigenvalue weighted by Crippen LogP contribution is -2.57. The van der Waals surface area contributed by atoms with Crippen molar-refractivity contribution in [3.05, 3.63) is 0 Å². The Morgan fingerprint density at radius 2 is 1.87 bits per heavy atom. The summed E-state index contributed by atoms with van der Waals surface area (Å²) < 4.78 is 36.4. The van der Waals surface area contributed by atoms with Crippen LogP contribution in [0.4, 0.5) is 13.2 Å². The molecule has 0 radical (unpaired) electrons. The van der Waals surface area contributed by atoms with Crippen LogP contribution in [0, 0.1) is 5.41 Å². The number of alkyl halides is 3. The van der Waals surface area contributed by atoms with Crippen molar-refractivity contribution in [1.29, 1.82) is 0 Å². The topological polar surface area (TPSA) is 32.3 Å². The van der Waals surface area contributed by atoms with Gasteiger partial charge in [-0.05, 0) is 18.3 Å². The minimum absolute atomic E-state index is 0.240. The van der Waals surface area contributed by atoms with Gasteiger partial charge in [0.15, 0.2) is 0 Å². The number of rotatable bonds is 3. The Kier molecular flexibility index (Phi) is 3.36. The molecule has 0 aliphatic heterocycles. The normalized spacial score (nSPS) is 30.8. The summed E-state index contributed by atoms with van der Waals surface area (Å²) in [6.07, 6.45) is -1.91. The zero-order valence-electron chi connectivity index (χ0n) is 9.12. The molecular weight excluding hydrogens is 207 g/mol. The lowest BCUT2D eigenvalue weighted by molar-refractivity contribution is -0.132. The highest BCUT2D eigenvalue weighted by Crippen LogP contribution is 2.45. The first-order valence-corrected chi connectivity index (χ1v) is 5.15. The molecule has 1 saturated carbocycles. The molecule has 0 spiro atoms. The Hall–Kier alpha value is -0.290. The zero-order valence-corrected chi connectivity index (χ0v) is 9.12. The molecule has 0 bridgehead atoms. The van der Waals surface area contributed by atoms with E-state index in [9.17, 15) is 18.3 Å². The first-order chi connectivity index (χ1) is 6.72. The number of aliphatic hydroxyl groups excluding tert-OH is 1. The van der Waals surface area contributed by atoms with Gasteiger partial charge in [0.25, 0.3) is 0 Å². The monoisotopic (exact) mass is 225 g/mol. The van der Waals surface area contributed by atoms with Crippen molar-refractivity contribution < 1.29 is 18.3 Å². The standard InChI is InChI=1S/C10H18F3NO/c1-8(2)4-3-5-9(8,7-15)14-6-10(11,12)13/h14-15H,3-7H2,1-2H3. The summed E-state index contributed by atoms with van der Waals surface area (Å²) >= 11 is 0. The number of halogens is 3. The third-order valence-electron chi connectivity index (χ3n) is 3.60. The third-order valence-corrected chi connectivity index (χ3v) is 3.60. The number of hydrogen-bond donors (Lipinski definition) is 2. The number of hydrogen-bond acceptors (Lipinski definition) is 2. The molecule has 15 heavy (non-hydrogen) atoms. The smallest absolute Gasteiger partial charge is 0.394 e. The van der Waals surface area contributed by atoms with Crippen molar-refractivity contribution in [2.45, 2.75) is 44.8 Å². The summed E-state index contributed by atoms with van der Waals surface area (Å²) in [6, 6.07) is 0. The van der Waals surface area contributed by atoms with Gasteiger partial charge in [-0.2, -0.15) is 13.2 Å². The van der Waals surface area contributed by atoms with Crippen LogP contribution in [-0.2, 0) is 0 Å². The van der Waals surface area contributed by atoms with E-state index in [4.69, 9.17) is 0 Å². The van der Waals surface area contributed by atoms with Crippen LogP contribution >= 0.6 is 0 Å². The first-order valence-electron chi connectivity index (χ1n) is 5.15. The zero-order chi connectivity index (χ0) is 11.7. The summed E-state index contributed by atoms with van der Waals surface area (Å²) in [7, 11) is 0. The first kappa shape index (κ1) is 12.8. The van der Waals surface area contributed by atoms with Gasteiger partial charge in [0.2, 0.25) is 0 Å². The second-order valence-electron chi connectivity index (χ2n) is 4.95. The SMILES string of the molecule is CC1(C)CCCC1(CO)NCC(F)(F)F. The summed E-state index contributed by atoms with van der Waals surface area (Å²) in [5.41, 5.74) is -1.06. The van der Waals surface area contributed by atoms with Gasteiger partial charge in [-0.25, -0.2) is 0 Å². The molecule has 0 saturated heterocycles. The lowest BCUT2D eigenvalue weighted by atomic mass is 9.75. The molecule has 1 fully saturated rings. The van der Waals surface area contributed by atoms with Crippen LogP contribution in [0.2, 0.25) is 0 Å². The molecule has 0 aromatic heterocycles. The van der Waals surface area contributed by atoms with Gasteiger partial charge in [0, 0.05) is 5.54 Å². The summed E-state index contributed by atoms with van der Waals surface area (Å²) in [6.45, 7) is 2.53. The second kappa shape index (κ2) is 3.94. The van der Waals surface area contributed by atoms with Gasteiger partial charge in [-0.3, -0.25) is 0 Å². The van der Waals surface area contributed by atoms with Crippen LogP contribution in [0.3, 0.4) is 0 Å². The Morgan fingerprint density at radius 1 is 1.27 bits per heavy atom. The van der Waals surface area contributed by atoms with E-state index < -0.39 is 18.3 Å². The van der Waals surface area contributed by atoms with Crippen molar-refractivity contribution in [2.24, 2.45) is 5.41 Å². The molecule has 0 amide bonds. The molecule has 0 aromatic rings. The molecule has 2 nitrogen and oxygen atoms in total. The Bertz CT molecular complexity index is 227. The number of nitrogens with one attached hydrogen (secondary N) is 1. The molecule has 1 aliphatic rings. The van der Waals surface area contributed by atoms with Crippen molar-refractivity contribution in [1.82, 2.24) is 5.32 Å². The van der Waals surface area contributed by atoms with Gasteiger partial charge in [0.1, 0.15) is 0 Å². The van der Waals surface area contributed by atoms with Crippen LogP contribution in [0.25, 0.3) is 0 Å². The van der Waals surface area contributed by atoms with Crippen molar-refractivity contribution in [3.8, 4) is 0 Å². The Labute approximate surface area is 87.9 Å². The quantitative estimate of drug-likeness (QED) is 0.770. The minimum Gasteiger partial charge on any atom is -0.394 e. The maximum absolute atomic E-state index is 12.1. The minimum atomic E-state index is -4.22. The highest BCUT2D eigenvalue weighted by molar-refractivity contribution is 5.04. The van der Waals surface area contributed by atoms with E-state index in [0.29, 0.717) is 6.42 Å². The van der Waals surface area contributed by atoms with E-state index in [1.807, 2.05) is 13.8 Å². The molecule has 0 heterocycles. The largest absolute Gasteiger partial charge is 0.401 e. The van der Waals surface area contributed by atoms with E-state index in [2.05, 4.69) is 5.32 Å². The fraction of sp³-hybridized carbons (Fsp3) is 1.00. The van der Waals surface area contributed by atoms with Crippen molar-refractivity contribution in [2.75, 3.05) is 13.2 Å². The maximum Gasteiger partial charge on any atom is 0.401 e. The molecule has 1 atom stereocenters. The van der Waals surface area contributed by atoms with Crippen LogP contribution < -0.4 is 5.32 Å². The summed E-state index contributed by atoms with van der Waals surface area (Å²) in [4.78, 5) is 0. The van der Waals surface area contributed by atoms with E-state index in [0.717, 1.165) is 12.8 Å². The fourth-order valence-corrected chi connectivity index (χ4v) is 2.36. The van der Waals surface area contributed by atoms with Gasteiger partial charge in [-0.15, -0.1) is 0 Å². The van der Waals surface area contributed by atoms with Crippen LogP contribution in [-0.4, -0.2) is 30.0 Å². The molecular formula is C10H18F3NO.